The highest BCUT2D eigenvalue weighted by atomic mass is 32.1. The van der Waals surface area contributed by atoms with Gasteiger partial charge in [0.2, 0.25) is 0 Å². The monoisotopic (exact) mass is 311 g/mol. The molecule has 0 unspecified atom stereocenters. The first-order chi connectivity index (χ1) is 10.1. The minimum absolute atomic E-state index is 0.0570. The van der Waals surface area contributed by atoms with Gasteiger partial charge in [0.15, 0.2) is 5.13 Å². The Bertz CT molecular complexity index is 535. The van der Waals surface area contributed by atoms with Crippen molar-refractivity contribution in [3.63, 3.8) is 0 Å². The third-order valence-electron chi connectivity index (χ3n) is 4.76. The molecule has 2 fully saturated rings. The van der Waals surface area contributed by atoms with Crippen molar-refractivity contribution in [2.45, 2.75) is 43.4 Å². The van der Waals surface area contributed by atoms with E-state index in [4.69, 9.17) is 4.74 Å². The van der Waals surface area contributed by atoms with E-state index in [1.54, 1.807) is 19.5 Å². The minimum Gasteiger partial charge on any atom is -0.393 e. The molecule has 2 heterocycles. The molecule has 1 aromatic heterocycles. The van der Waals surface area contributed by atoms with E-state index in [1.807, 2.05) is 4.90 Å². The molecule has 2 aliphatic rings. The molecule has 7 heteroatoms. The molecule has 1 saturated heterocycles. The number of ether oxygens (including phenoxy) is 1. The third-order valence-corrected chi connectivity index (χ3v) is 5.62. The van der Waals surface area contributed by atoms with Crippen LogP contribution in [0.2, 0.25) is 0 Å². The summed E-state index contributed by atoms with van der Waals surface area (Å²) in [5.74, 6) is -0.0641. The molecule has 6 nitrogen and oxygen atoms in total. The number of methoxy groups -OCH3 is 1. The Morgan fingerprint density at radius 1 is 1.62 bits per heavy atom. The molecular formula is C14H21N3O3S. The van der Waals surface area contributed by atoms with Crippen LogP contribution in [0, 0.1) is 0 Å². The number of amides is 1. The summed E-state index contributed by atoms with van der Waals surface area (Å²) in [6, 6.07) is -0.0570. The number of aliphatic hydroxyl groups is 1. The van der Waals surface area contributed by atoms with E-state index in [-0.39, 0.29) is 23.7 Å². The van der Waals surface area contributed by atoms with E-state index in [9.17, 15) is 9.90 Å². The summed E-state index contributed by atoms with van der Waals surface area (Å²) in [5, 5.41) is 15.4. The van der Waals surface area contributed by atoms with Gasteiger partial charge in [0.1, 0.15) is 5.69 Å². The first kappa shape index (κ1) is 14.7. The smallest absolute Gasteiger partial charge is 0.273 e. The zero-order chi connectivity index (χ0) is 15.0. The number of hydrogen-bond donors (Lipinski definition) is 2. The molecule has 2 N–H and O–H groups in total. The Balaban J connectivity index is 1.83. The molecule has 116 valence electrons. The zero-order valence-electron chi connectivity index (χ0n) is 12.3. The third kappa shape index (κ3) is 2.43. The van der Waals surface area contributed by atoms with Crippen LogP contribution in [-0.2, 0) is 4.74 Å². The van der Waals surface area contributed by atoms with Crippen LogP contribution in [-0.4, -0.2) is 59.3 Å². The Morgan fingerprint density at radius 3 is 3.10 bits per heavy atom. The molecular weight excluding hydrogens is 290 g/mol. The van der Waals surface area contributed by atoms with Gasteiger partial charge in [0, 0.05) is 26.1 Å². The fraction of sp³-hybridized carbons (Fsp3) is 0.714. The van der Waals surface area contributed by atoms with Gasteiger partial charge >= 0.3 is 0 Å². The second-order valence-corrected chi connectivity index (χ2v) is 6.61. The maximum Gasteiger partial charge on any atom is 0.273 e. The molecule has 21 heavy (non-hydrogen) atoms. The average molecular weight is 311 g/mol. The van der Waals surface area contributed by atoms with Crippen LogP contribution < -0.4 is 5.32 Å². The first-order valence-electron chi connectivity index (χ1n) is 7.27. The van der Waals surface area contributed by atoms with Crippen LogP contribution in [0.25, 0.3) is 0 Å². The standard InChI is InChI=1S/C14H21N3O3S/c1-15-13-16-10(8-21-13)12(19)17-6-5-14(20-2)4-3-9(18)7-11(14)17/h8-9,11,18H,3-7H2,1-2H3,(H,15,16)/t9-,11+,14-/m1/s1. The highest BCUT2D eigenvalue weighted by molar-refractivity contribution is 7.13. The molecule has 0 bridgehead atoms. The van der Waals surface area contributed by atoms with Crippen LogP contribution in [0.3, 0.4) is 0 Å². The number of nitrogens with zero attached hydrogens (tertiary/aromatic N) is 2. The number of rotatable bonds is 3. The zero-order valence-corrected chi connectivity index (χ0v) is 13.2. The van der Waals surface area contributed by atoms with E-state index in [1.165, 1.54) is 11.3 Å². The molecule has 1 amide bonds. The number of carbonyl (C=O) groups excluding carboxylic acids is 1. The number of thiazole rings is 1. The summed E-state index contributed by atoms with van der Waals surface area (Å²) >= 11 is 1.42. The number of fused-ring (bicyclic) bond motifs is 1. The lowest BCUT2D eigenvalue weighted by atomic mass is 9.79. The van der Waals surface area contributed by atoms with Crippen molar-refractivity contribution in [3.8, 4) is 0 Å². The number of nitrogens with one attached hydrogen (secondary N) is 1. The van der Waals surface area contributed by atoms with Crippen LogP contribution in [0.15, 0.2) is 5.38 Å². The molecule has 1 aliphatic carbocycles. The van der Waals surface area contributed by atoms with Crippen LogP contribution in [0.4, 0.5) is 5.13 Å². The average Bonchev–Trinajstić information content (AvgIpc) is 3.11. The van der Waals surface area contributed by atoms with Crippen LogP contribution in [0.1, 0.15) is 36.2 Å². The largest absolute Gasteiger partial charge is 0.393 e. The first-order valence-corrected chi connectivity index (χ1v) is 8.15. The highest BCUT2D eigenvalue weighted by Crippen LogP contribution is 2.43. The molecule has 1 aliphatic heterocycles. The van der Waals surface area contributed by atoms with E-state index >= 15 is 0 Å². The predicted molar refractivity (Wildman–Crippen MR) is 80.7 cm³/mol. The van der Waals surface area contributed by atoms with Gasteiger partial charge in [-0.2, -0.15) is 0 Å². The second-order valence-electron chi connectivity index (χ2n) is 5.75. The molecule has 1 saturated carbocycles. The van der Waals surface area contributed by atoms with Gasteiger partial charge in [-0.15, -0.1) is 11.3 Å². The summed E-state index contributed by atoms with van der Waals surface area (Å²) in [6.07, 6.45) is 2.61. The molecule has 3 atom stereocenters. The lowest BCUT2D eigenvalue weighted by molar-refractivity contribution is -0.0824. The number of likely N-dealkylation sites (tertiary alicyclic amines) is 1. The van der Waals surface area contributed by atoms with Gasteiger partial charge in [0.25, 0.3) is 5.91 Å². The Labute approximate surface area is 128 Å². The van der Waals surface area contributed by atoms with Gasteiger partial charge in [-0.1, -0.05) is 0 Å². The van der Waals surface area contributed by atoms with E-state index in [2.05, 4.69) is 10.3 Å². The van der Waals surface area contributed by atoms with Crippen LogP contribution in [0.5, 0.6) is 0 Å². The Kier molecular flexibility index (Phi) is 3.90. The molecule has 3 rings (SSSR count). The van der Waals surface area contributed by atoms with Gasteiger partial charge in [-0.3, -0.25) is 4.79 Å². The molecule has 0 aromatic carbocycles. The Morgan fingerprint density at radius 2 is 2.43 bits per heavy atom. The maximum atomic E-state index is 12.7. The van der Waals surface area contributed by atoms with Crippen molar-refractivity contribution in [1.82, 2.24) is 9.88 Å². The maximum absolute atomic E-state index is 12.7. The fourth-order valence-corrected chi connectivity index (χ4v) is 4.20. The van der Waals surface area contributed by atoms with Crippen molar-refractivity contribution >= 4 is 22.4 Å². The van der Waals surface area contributed by atoms with Gasteiger partial charge in [0.05, 0.1) is 17.7 Å². The summed E-state index contributed by atoms with van der Waals surface area (Å²) in [5.41, 5.74) is 0.174. The second kappa shape index (κ2) is 5.55. The number of anilines is 1. The van der Waals surface area contributed by atoms with Crippen molar-refractivity contribution in [2.75, 3.05) is 26.0 Å². The summed E-state index contributed by atoms with van der Waals surface area (Å²) < 4.78 is 5.76. The summed E-state index contributed by atoms with van der Waals surface area (Å²) in [7, 11) is 3.50. The van der Waals surface area contributed by atoms with Crippen LogP contribution >= 0.6 is 11.3 Å². The lowest BCUT2D eigenvalue weighted by Gasteiger charge is -2.42. The predicted octanol–water partition coefficient (Wildman–Crippen LogP) is 1.33. The molecule has 0 spiro atoms. The summed E-state index contributed by atoms with van der Waals surface area (Å²) in [4.78, 5) is 18.8. The van der Waals surface area contributed by atoms with Crippen molar-refractivity contribution < 1.29 is 14.6 Å². The van der Waals surface area contributed by atoms with Crippen molar-refractivity contribution in [1.29, 1.82) is 0 Å². The van der Waals surface area contributed by atoms with Gasteiger partial charge < -0.3 is 20.1 Å². The van der Waals surface area contributed by atoms with E-state index in [0.29, 0.717) is 18.7 Å². The van der Waals surface area contributed by atoms with Gasteiger partial charge in [-0.25, -0.2) is 4.98 Å². The number of aromatic nitrogens is 1. The Hall–Kier alpha value is -1.18. The normalized spacial score (nSPS) is 32.0. The molecule has 1 aromatic rings. The minimum atomic E-state index is -0.352. The topological polar surface area (TPSA) is 74.7 Å². The fourth-order valence-electron chi connectivity index (χ4n) is 3.55. The van der Waals surface area contributed by atoms with Crippen molar-refractivity contribution in [3.05, 3.63) is 11.1 Å². The quantitative estimate of drug-likeness (QED) is 0.881. The van der Waals surface area contributed by atoms with Gasteiger partial charge in [-0.05, 0) is 25.7 Å². The van der Waals surface area contributed by atoms with E-state index in [0.717, 1.165) is 24.4 Å². The lowest BCUT2D eigenvalue weighted by Crippen LogP contribution is -2.52. The summed E-state index contributed by atoms with van der Waals surface area (Å²) in [6.45, 7) is 0.663. The number of hydrogen-bond acceptors (Lipinski definition) is 6. The number of aliphatic hydroxyl groups excluding tert-OH is 1. The SMILES string of the molecule is CNc1nc(C(=O)N2CC[C@]3(OC)CC[C@@H](O)C[C@H]23)cs1. The van der Waals surface area contributed by atoms with E-state index < -0.39 is 0 Å². The van der Waals surface area contributed by atoms with Crippen molar-refractivity contribution in [2.24, 2.45) is 0 Å². The molecule has 0 radical (unpaired) electrons. The highest BCUT2D eigenvalue weighted by Gasteiger charge is 2.52. The number of carbonyl (C=O) groups is 1.